The Morgan fingerprint density at radius 2 is 1.68 bits per heavy atom. The van der Waals surface area contributed by atoms with Crippen LogP contribution in [0.25, 0.3) is 0 Å². The molecule has 0 fully saturated rings. The topological polar surface area (TPSA) is 9.23 Å². The SMILES string of the molecule is CC(C)(C)c1ccc(I)c(OCc2ccccc2)c1. The molecular formula is C17H19IO. The molecule has 0 heterocycles. The first-order valence-electron chi connectivity index (χ1n) is 6.43. The van der Waals surface area contributed by atoms with Crippen LogP contribution in [0.5, 0.6) is 5.75 Å². The number of hydrogen-bond donors (Lipinski definition) is 0. The minimum absolute atomic E-state index is 0.148. The highest BCUT2D eigenvalue weighted by molar-refractivity contribution is 14.1. The smallest absolute Gasteiger partial charge is 0.133 e. The molecule has 0 saturated carbocycles. The first kappa shape index (κ1) is 14.4. The number of hydrogen-bond acceptors (Lipinski definition) is 1. The van der Waals surface area contributed by atoms with Gasteiger partial charge in [-0.3, -0.25) is 0 Å². The third-order valence-electron chi connectivity index (χ3n) is 3.03. The van der Waals surface area contributed by atoms with E-state index in [1.165, 1.54) is 11.1 Å². The van der Waals surface area contributed by atoms with Gasteiger partial charge in [0.2, 0.25) is 0 Å². The number of rotatable bonds is 3. The lowest BCUT2D eigenvalue weighted by atomic mass is 9.87. The Kier molecular flexibility index (Phi) is 4.50. The Bertz CT molecular complexity index is 541. The number of benzene rings is 2. The third-order valence-corrected chi connectivity index (χ3v) is 3.93. The Labute approximate surface area is 129 Å². The fourth-order valence-corrected chi connectivity index (χ4v) is 2.31. The zero-order valence-electron chi connectivity index (χ0n) is 11.6. The third kappa shape index (κ3) is 3.96. The van der Waals surface area contributed by atoms with Gasteiger partial charge >= 0.3 is 0 Å². The van der Waals surface area contributed by atoms with Crippen molar-refractivity contribution in [2.45, 2.75) is 32.8 Å². The van der Waals surface area contributed by atoms with Crippen LogP contribution in [-0.2, 0) is 12.0 Å². The van der Waals surface area contributed by atoms with E-state index in [4.69, 9.17) is 4.74 Å². The summed E-state index contributed by atoms with van der Waals surface area (Å²) in [6, 6.07) is 16.7. The highest BCUT2D eigenvalue weighted by Gasteiger charge is 2.15. The van der Waals surface area contributed by atoms with Crippen LogP contribution < -0.4 is 4.74 Å². The van der Waals surface area contributed by atoms with E-state index in [0.29, 0.717) is 6.61 Å². The quantitative estimate of drug-likeness (QED) is 0.682. The molecule has 0 aliphatic heterocycles. The molecule has 0 spiro atoms. The lowest BCUT2D eigenvalue weighted by Gasteiger charge is -2.20. The second kappa shape index (κ2) is 5.95. The summed E-state index contributed by atoms with van der Waals surface area (Å²) < 4.78 is 7.11. The molecule has 2 aromatic carbocycles. The van der Waals surface area contributed by atoms with Crippen LogP contribution in [0.1, 0.15) is 31.9 Å². The molecule has 0 bridgehead atoms. The van der Waals surface area contributed by atoms with E-state index < -0.39 is 0 Å². The van der Waals surface area contributed by atoms with Crippen molar-refractivity contribution in [1.29, 1.82) is 0 Å². The molecule has 0 atom stereocenters. The van der Waals surface area contributed by atoms with Crippen LogP contribution in [-0.4, -0.2) is 0 Å². The average molecular weight is 366 g/mol. The van der Waals surface area contributed by atoms with Crippen LogP contribution in [0.2, 0.25) is 0 Å². The molecule has 2 heteroatoms. The molecule has 19 heavy (non-hydrogen) atoms. The van der Waals surface area contributed by atoms with Crippen LogP contribution in [0.4, 0.5) is 0 Å². The zero-order valence-corrected chi connectivity index (χ0v) is 13.8. The molecule has 0 N–H and O–H groups in total. The van der Waals surface area contributed by atoms with Crippen LogP contribution >= 0.6 is 22.6 Å². The first-order chi connectivity index (χ1) is 8.97. The Morgan fingerprint density at radius 1 is 1.00 bits per heavy atom. The van der Waals surface area contributed by atoms with Gasteiger partial charge in [-0.1, -0.05) is 57.2 Å². The monoisotopic (exact) mass is 366 g/mol. The normalized spacial score (nSPS) is 11.4. The Balaban J connectivity index is 2.16. The molecule has 0 aliphatic carbocycles. The van der Waals surface area contributed by atoms with Gasteiger partial charge in [0.05, 0.1) is 3.57 Å². The molecule has 0 aliphatic rings. The molecule has 1 nitrogen and oxygen atoms in total. The summed E-state index contributed by atoms with van der Waals surface area (Å²) in [5.41, 5.74) is 2.64. The second-order valence-corrected chi connectivity index (χ2v) is 6.83. The molecule has 0 saturated heterocycles. The molecule has 100 valence electrons. The van der Waals surface area contributed by atoms with Crippen molar-refractivity contribution in [2.24, 2.45) is 0 Å². The predicted molar refractivity (Wildman–Crippen MR) is 88.6 cm³/mol. The van der Waals surface area contributed by atoms with Gasteiger partial charge in [-0.05, 0) is 51.3 Å². The minimum atomic E-state index is 0.148. The predicted octanol–water partition coefficient (Wildman–Crippen LogP) is 5.17. The lowest BCUT2D eigenvalue weighted by molar-refractivity contribution is 0.303. The van der Waals surface area contributed by atoms with E-state index in [1.54, 1.807) is 0 Å². The van der Waals surface area contributed by atoms with E-state index in [9.17, 15) is 0 Å². The van der Waals surface area contributed by atoms with E-state index in [-0.39, 0.29) is 5.41 Å². The van der Waals surface area contributed by atoms with Crippen molar-refractivity contribution in [1.82, 2.24) is 0 Å². The molecule has 0 unspecified atom stereocenters. The molecule has 2 aromatic rings. The van der Waals surface area contributed by atoms with Gasteiger partial charge in [-0.2, -0.15) is 0 Å². The van der Waals surface area contributed by atoms with Gasteiger partial charge in [-0.25, -0.2) is 0 Å². The number of ether oxygens (including phenoxy) is 1. The Hall–Kier alpha value is -1.03. The highest BCUT2D eigenvalue weighted by atomic mass is 127. The maximum absolute atomic E-state index is 5.95. The van der Waals surface area contributed by atoms with Crippen molar-refractivity contribution in [3.8, 4) is 5.75 Å². The summed E-state index contributed by atoms with van der Waals surface area (Å²) in [7, 11) is 0. The average Bonchev–Trinajstić information content (AvgIpc) is 2.37. The largest absolute Gasteiger partial charge is 0.488 e. The lowest BCUT2D eigenvalue weighted by Crippen LogP contribution is -2.11. The van der Waals surface area contributed by atoms with E-state index in [1.807, 2.05) is 18.2 Å². The second-order valence-electron chi connectivity index (χ2n) is 5.67. The number of halogens is 1. The Morgan fingerprint density at radius 3 is 2.32 bits per heavy atom. The summed E-state index contributed by atoms with van der Waals surface area (Å²) in [5.74, 6) is 0.969. The zero-order chi connectivity index (χ0) is 13.9. The van der Waals surface area contributed by atoms with E-state index in [2.05, 4.69) is 73.7 Å². The van der Waals surface area contributed by atoms with Gasteiger partial charge in [0.25, 0.3) is 0 Å². The maximum atomic E-state index is 5.95. The van der Waals surface area contributed by atoms with Gasteiger partial charge in [0, 0.05) is 0 Å². The highest BCUT2D eigenvalue weighted by Crippen LogP contribution is 2.29. The first-order valence-corrected chi connectivity index (χ1v) is 7.51. The van der Waals surface area contributed by atoms with Gasteiger partial charge < -0.3 is 4.74 Å². The summed E-state index contributed by atoms with van der Waals surface area (Å²) >= 11 is 2.32. The molecular weight excluding hydrogens is 347 g/mol. The molecule has 2 rings (SSSR count). The fraction of sp³-hybridized carbons (Fsp3) is 0.294. The van der Waals surface area contributed by atoms with Crippen molar-refractivity contribution in [3.05, 3.63) is 63.2 Å². The summed E-state index contributed by atoms with van der Waals surface area (Å²) in [5, 5.41) is 0. The summed E-state index contributed by atoms with van der Waals surface area (Å²) in [6.07, 6.45) is 0. The van der Waals surface area contributed by atoms with Crippen molar-refractivity contribution in [3.63, 3.8) is 0 Å². The van der Waals surface area contributed by atoms with Crippen molar-refractivity contribution < 1.29 is 4.74 Å². The maximum Gasteiger partial charge on any atom is 0.133 e. The molecule has 0 amide bonds. The standard InChI is InChI=1S/C17H19IO/c1-17(2,3)14-9-10-15(18)16(11-14)19-12-13-7-5-4-6-8-13/h4-11H,12H2,1-3H3. The van der Waals surface area contributed by atoms with E-state index >= 15 is 0 Å². The minimum Gasteiger partial charge on any atom is -0.488 e. The van der Waals surface area contributed by atoms with Crippen molar-refractivity contribution >= 4 is 22.6 Å². The fourth-order valence-electron chi connectivity index (χ4n) is 1.82. The van der Waals surface area contributed by atoms with Gasteiger partial charge in [0.1, 0.15) is 12.4 Å². The molecule has 0 aromatic heterocycles. The van der Waals surface area contributed by atoms with Gasteiger partial charge in [0.15, 0.2) is 0 Å². The molecule has 0 radical (unpaired) electrons. The van der Waals surface area contributed by atoms with E-state index in [0.717, 1.165) is 9.32 Å². The summed E-state index contributed by atoms with van der Waals surface area (Å²) in [6.45, 7) is 7.27. The van der Waals surface area contributed by atoms with Crippen molar-refractivity contribution in [2.75, 3.05) is 0 Å². The van der Waals surface area contributed by atoms with Gasteiger partial charge in [-0.15, -0.1) is 0 Å². The summed E-state index contributed by atoms with van der Waals surface area (Å²) in [4.78, 5) is 0. The van der Waals surface area contributed by atoms with Crippen LogP contribution in [0, 0.1) is 3.57 Å². The van der Waals surface area contributed by atoms with Crippen LogP contribution in [0.15, 0.2) is 48.5 Å². The van der Waals surface area contributed by atoms with Crippen LogP contribution in [0.3, 0.4) is 0 Å².